The van der Waals surface area contributed by atoms with E-state index in [1.807, 2.05) is 18.7 Å². The van der Waals surface area contributed by atoms with Crippen LogP contribution >= 0.6 is 0 Å². The standard InChI is InChI=1S/C14H25N2O3/c1-10(2)19-12-6-8-16(9-7-12)13(17)5-4-11(3)14(15)18/h5,10-12H,4,6-9H2,1-3H3,(H2,15,18)/t11-/m0/s1. The zero-order valence-corrected chi connectivity index (χ0v) is 12.1. The van der Waals surface area contributed by atoms with Gasteiger partial charge in [-0.1, -0.05) is 6.92 Å². The molecule has 0 aromatic rings. The summed E-state index contributed by atoms with van der Waals surface area (Å²) < 4.78 is 5.74. The third-order valence-corrected chi connectivity index (χ3v) is 3.35. The number of ether oxygens (including phenoxy) is 1. The second-order valence-electron chi connectivity index (χ2n) is 5.45. The minimum atomic E-state index is -0.368. The van der Waals surface area contributed by atoms with Gasteiger partial charge in [0.1, 0.15) is 0 Å². The summed E-state index contributed by atoms with van der Waals surface area (Å²) in [4.78, 5) is 24.6. The van der Waals surface area contributed by atoms with Gasteiger partial charge in [-0.15, -0.1) is 0 Å². The zero-order chi connectivity index (χ0) is 14.4. The molecule has 19 heavy (non-hydrogen) atoms. The van der Waals surface area contributed by atoms with Gasteiger partial charge in [-0.05, 0) is 33.1 Å². The summed E-state index contributed by atoms with van der Waals surface area (Å²) >= 11 is 0. The number of hydrogen-bond acceptors (Lipinski definition) is 3. The van der Waals surface area contributed by atoms with E-state index in [2.05, 4.69) is 0 Å². The van der Waals surface area contributed by atoms with Crippen molar-refractivity contribution in [1.82, 2.24) is 4.90 Å². The maximum Gasteiger partial charge on any atom is 0.226 e. The van der Waals surface area contributed by atoms with Gasteiger partial charge in [0.15, 0.2) is 0 Å². The molecule has 109 valence electrons. The topological polar surface area (TPSA) is 72.6 Å². The fraction of sp³-hybridized carbons (Fsp3) is 0.786. The average Bonchev–Trinajstić information content (AvgIpc) is 2.35. The van der Waals surface area contributed by atoms with Crippen molar-refractivity contribution in [2.75, 3.05) is 13.1 Å². The van der Waals surface area contributed by atoms with E-state index in [4.69, 9.17) is 10.5 Å². The van der Waals surface area contributed by atoms with Gasteiger partial charge < -0.3 is 15.4 Å². The summed E-state index contributed by atoms with van der Waals surface area (Å²) in [6.45, 7) is 7.22. The minimum Gasteiger partial charge on any atom is -0.375 e. The van der Waals surface area contributed by atoms with Crippen LogP contribution in [0.25, 0.3) is 0 Å². The van der Waals surface area contributed by atoms with Gasteiger partial charge in [-0.25, -0.2) is 0 Å². The third kappa shape index (κ3) is 5.59. The Hall–Kier alpha value is -1.10. The van der Waals surface area contributed by atoms with E-state index in [-0.39, 0.29) is 29.9 Å². The Morgan fingerprint density at radius 2 is 1.89 bits per heavy atom. The first-order valence-electron chi connectivity index (χ1n) is 6.97. The van der Waals surface area contributed by atoms with Crippen molar-refractivity contribution < 1.29 is 14.3 Å². The molecule has 0 unspecified atom stereocenters. The number of carbonyl (C=O) groups excluding carboxylic acids is 2. The average molecular weight is 269 g/mol. The lowest BCUT2D eigenvalue weighted by molar-refractivity contribution is -0.131. The molecular formula is C14H25N2O3. The Kier molecular flexibility index (Phi) is 6.28. The van der Waals surface area contributed by atoms with E-state index in [9.17, 15) is 9.59 Å². The van der Waals surface area contributed by atoms with Crippen LogP contribution in [-0.4, -0.2) is 42.0 Å². The summed E-state index contributed by atoms with van der Waals surface area (Å²) in [6.07, 6.45) is 4.23. The minimum absolute atomic E-state index is 0.00361. The Labute approximate surface area is 115 Å². The Morgan fingerprint density at radius 1 is 1.32 bits per heavy atom. The van der Waals surface area contributed by atoms with Crippen molar-refractivity contribution in [2.24, 2.45) is 11.7 Å². The van der Waals surface area contributed by atoms with Gasteiger partial charge in [0.2, 0.25) is 11.8 Å². The van der Waals surface area contributed by atoms with Crippen LogP contribution in [0.3, 0.4) is 0 Å². The van der Waals surface area contributed by atoms with Crippen molar-refractivity contribution >= 4 is 11.8 Å². The number of amides is 2. The lowest BCUT2D eigenvalue weighted by Gasteiger charge is -2.33. The predicted octanol–water partition coefficient (Wildman–Crippen LogP) is 1.12. The fourth-order valence-electron chi connectivity index (χ4n) is 2.12. The molecule has 0 spiro atoms. The number of likely N-dealkylation sites (tertiary alicyclic amines) is 1. The van der Waals surface area contributed by atoms with Crippen molar-refractivity contribution in [1.29, 1.82) is 0 Å². The predicted molar refractivity (Wildman–Crippen MR) is 73.1 cm³/mol. The Bertz CT molecular complexity index is 310. The monoisotopic (exact) mass is 269 g/mol. The van der Waals surface area contributed by atoms with Crippen LogP contribution in [0.15, 0.2) is 0 Å². The molecule has 0 aromatic carbocycles. The van der Waals surface area contributed by atoms with Crippen LogP contribution in [0.1, 0.15) is 40.0 Å². The molecule has 1 radical (unpaired) electrons. The van der Waals surface area contributed by atoms with Crippen LogP contribution in [0, 0.1) is 12.3 Å². The van der Waals surface area contributed by atoms with Crippen LogP contribution in [0.2, 0.25) is 0 Å². The van der Waals surface area contributed by atoms with E-state index in [0.717, 1.165) is 25.9 Å². The number of carbonyl (C=O) groups is 2. The molecule has 0 bridgehead atoms. The van der Waals surface area contributed by atoms with Gasteiger partial charge in [0.25, 0.3) is 0 Å². The molecule has 1 fully saturated rings. The summed E-state index contributed by atoms with van der Waals surface area (Å²) in [6, 6.07) is 0. The highest BCUT2D eigenvalue weighted by molar-refractivity contribution is 5.86. The molecule has 1 aliphatic rings. The normalized spacial score (nSPS) is 18.6. The first-order valence-corrected chi connectivity index (χ1v) is 6.97. The van der Waals surface area contributed by atoms with E-state index in [1.165, 1.54) is 0 Å². The van der Waals surface area contributed by atoms with Crippen molar-refractivity contribution in [2.45, 2.75) is 52.2 Å². The molecule has 5 nitrogen and oxygen atoms in total. The zero-order valence-electron chi connectivity index (χ0n) is 12.1. The number of piperidine rings is 1. The van der Waals surface area contributed by atoms with Crippen LogP contribution in [0.5, 0.6) is 0 Å². The largest absolute Gasteiger partial charge is 0.375 e. The van der Waals surface area contributed by atoms with Crippen LogP contribution in [0.4, 0.5) is 0 Å². The van der Waals surface area contributed by atoms with E-state index >= 15 is 0 Å². The van der Waals surface area contributed by atoms with Crippen molar-refractivity contribution in [3.8, 4) is 0 Å². The number of rotatable bonds is 6. The number of nitrogens with zero attached hydrogens (tertiary/aromatic N) is 1. The number of nitrogens with two attached hydrogens (primary N) is 1. The summed E-state index contributed by atoms with van der Waals surface area (Å²) in [7, 11) is 0. The van der Waals surface area contributed by atoms with Crippen LogP contribution in [-0.2, 0) is 14.3 Å². The van der Waals surface area contributed by atoms with Gasteiger partial charge in [-0.3, -0.25) is 9.59 Å². The second kappa shape index (κ2) is 7.48. The molecule has 0 aliphatic carbocycles. The van der Waals surface area contributed by atoms with Crippen molar-refractivity contribution in [3.63, 3.8) is 0 Å². The lowest BCUT2D eigenvalue weighted by atomic mass is 10.0. The van der Waals surface area contributed by atoms with Gasteiger partial charge in [-0.2, -0.15) is 0 Å². The van der Waals surface area contributed by atoms with Gasteiger partial charge >= 0.3 is 0 Å². The first kappa shape index (κ1) is 16.0. The smallest absolute Gasteiger partial charge is 0.226 e. The SMILES string of the molecule is CC(C)OC1CCN(C(=O)[CH]C[C@H](C)C(N)=O)CC1. The van der Waals surface area contributed by atoms with E-state index in [1.54, 1.807) is 13.3 Å². The molecule has 0 saturated carbocycles. The maximum absolute atomic E-state index is 11.9. The lowest BCUT2D eigenvalue weighted by Crippen LogP contribution is -2.41. The molecule has 1 saturated heterocycles. The van der Waals surface area contributed by atoms with E-state index < -0.39 is 0 Å². The fourth-order valence-corrected chi connectivity index (χ4v) is 2.12. The molecule has 2 N–H and O–H groups in total. The Balaban J connectivity index is 2.27. The quantitative estimate of drug-likeness (QED) is 0.785. The van der Waals surface area contributed by atoms with Gasteiger partial charge in [0, 0.05) is 19.0 Å². The maximum atomic E-state index is 11.9. The molecule has 1 aliphatic heterocycles. The molecule has 0 aromatic heterocycles. The molecule has 1 atom stereocenters. The first-order chi connectivity index (χ1) is 8.90. The van der Waals surface area contributed by atoms with Gasteiger partial charge in [0.05, 0.1) is 18.6 Å². The summed E-state index contributed by atoms with van der Waals surface area (Å²) in [5, 5.41) is 0. The molecule has 5 heteroatoms. The highest BCUT2D eigenvalue weighted by Gasteiger charge is 2.24. The molecule has 1 heterocycles. The highest BCUT2D eigenvalue weighted by atomic mass is 16.5. The molecule has 1 rings (SSSR count). The van der Waals surface area contributed by atoms with Crippen molar-refractivity contribution in [3.05, 3.63) is 6.42 Å². The second-order valence-corrected chi connectivity index (χ2v) is 5.45. The van der Waals surface area contributed by atoms with Crippen LogP contribution < -0.4 is 5.73 Å². The Morgan fingerprint density at radius 3 is 2.37 bits per heavy atom. The highest BCUT2D eigenvalue weighted by Crippen LogP contribution is 2.17. The number of hydrogen-bond donors (Lipinski definition) is 1. The van der Waals surface area contributed by atoms with E-state index in [0.29, 0.717) is 6.42 Å². The third-order valence-electron chi connectivity index (χ3n) is 3.35. The summed E-state index contributed by atoms with van der Waals surface area (Å²) in [5.74, 6) is -0.657. The molecular weight excluding hydrogens is 244 g/mol. The summed E-state index contributed by atoms with van der Waals surface area (Å²) in [5.41, 5.74) is 5.16. The number of primary amides is 1. The molecule has 2 amide bonds.